The van der Waals surface area contributed by atoms with E-state index in [1.165, 1.54) is 16.7 Å². The number of rotatable bonds is 5. The van der Waals surface area contributed by atoms with E-state index < -0.39 is 0 Å². The molecular weight excluding hydrogens is 268 g/mol. The van der Waals surface area contributed by atoms with Crippen molar-refractivity contribution in [1.82, 2.24) is 0 Å². The zero-order chi connectivity index (χ0) is 16.3. The minimum Gasteiger partial charge on any atom is -0.294 e. The molecule has 0 aromatic heterocycles. The standard InChI is InChI=1S/C21H26O/c1-14(2)17-9-11-18(12-10-17)21(22)13-19-7-6-8-20(15(3)4)16(19)5/h6-12,14-15H,13H2,1-5H3. The number of carbonyl (C=O) groups excluding carboxylic acids is 1. The molecule has 22 heavy (non-hydrogen) atoms. The van der Waals surface area contributed by atoms with Gasteiger partial charge in [0.05, 0.1) is 0 Å². The highest BCUT2D eigenvalue weighted by Gasteiger charge is 2.12. The monoisotopic (exact) mass is 294 g/mol. The lowest BCUT2D eigenvalue weighted by Crippen LogP contribution is -2.07. The third-order valence-corrected chi connectivity index (χ3v) is 4.36. The molecule has 0 aliphatic heterocycles. The number of Topliss-reactive ketones (excluding diaryl/α,β-unsaturated/α-hetero) is 1. The molecule has 1 heteroatoms. The van der Waals surface area contributed by atoms with E-state index in [9.17, 15) is 4.79 Å². The minimum absolute atomic E-state index is 0.194. The summed E-state index contributed by atoms with van der Waals surface area (Å²) in [7, 11) is 0. The zero-order valence-electron chi connectivity index (χ0n) is 14.3. The van der Waals surface area contributed by atoms with Crippen LogP contribution in [0.4, 0.5) is 0 Å². The molecular formula is C21H26O. The largest absolute Gasteiger partial charge is 0.294 e. The molecule has 0 spiro atoms. The molecule has 0 aliphatic carbocycles. The molecule has 1 nitrogen and oxygen atoms in total. The highest BCUT2D eigenvalue weighted by molar-refractivity contribution is 5.97. The van der Waals surface area contributed by atoms with Crippen LogP contribution in [0.3, 0.4) is 0 Å². The van der Waals surface area contributed by atoms with Gasteiger partial charge >= 0.3 is 0 Å². The van der Waals surface area contributed by atoms with Gasteiger partial charge in [0.25, 0.3) is 0 Å². The topological polar surface area (TPSA) is 17.1 Å². The molecule has 0 saturated heterocycles. The molecule has 2 rings (SSSR count). The molecule has 0 amide bonds. The maximum absolute atomic E-state index is 12.5. The van der Waals surface area contributed by atoms with Gasteiger partial charge in [-0.15, -0.1) is 0 Å². The average Bonchev–Trinajstić information content (AvgIpc) is 2.49. The third-order valence-electron chi connectivity index (χ3n) is 4.36. The van der Waals surface area contributed by atoms with Crippen LogP contribution in [0, 0.1) is 6.92 Å². The number of hydrogen-bond donors (Lipinski definition) is 0. The van der Waals surface area contributed by atoms with Gasteiger partial charge in [0.2, 0.25) is 0 Å². The van der Waals surface area contributed by atoms with Crippen LogP contribution in [0.25, 0.3) is 0 Å². The third kappa shape index (κ3) is 3.65. The Labute approximate surface area is 134 Å². The molecule has 0 N–H and O–H groups in total. The first kappa shape index (κ1) is 16.5. The molecule has 0 aliphatic rings. The molecule has 0 heterocycles. The van der Waals surface area contributed by atoms with Gasteiger partial charge in [0.1, 0.15) is 0 Å². The maximum Gasteiger partial charge on any atom is 0.167 e. The Morgan fingerprint density at radius 3 is 2.09 bits per heavy atom. The Bertz CT molecular complexity index is 648. The van der Waals surface area contributed by atoms with Gasteiger partial charge in [0.15, 0.2) is 5.78 Å². The molecule has 2 aromatic rings. The fourth-order valence-corrected chi connectivity index (χ4v) is 2.85. The Morgan fingerprint density at radius 1 is 0.909 bits per heavy atom. The average molecular weight is 294 g/mol. The summed E-state index contributed by atoms with van der Waals surface area (Å²) in [5, 5.41) is 0. The number of ketones is 1. The minimum atomic E-state index is 0.194. The van der Waals surface area contributed by atoms with E-state index in [4.69, 9.17) is 0 Å². The Balaban J connectivity index is 2.20. The number of hydrogen-bond acceptors (Lipinski definition) is 1. The lowest BCUT2D eigenvalue weighted by Gasteiger charge is -2.14. The van der Waals surface area contributed by atoms with Crippen LogP contribution in [0.2, 0.25) is 0 Å². The SMILES string of the molecule is Cc1c(CC(=O)c2ccc(C(C)C)cc2)cccc1C(C)C. The summed E-state index contributed by atoms with van der Waals surface area (Å²) >= 11 is 0. The fraction of sp³-hybridized carbons (Fsp3) is 0.381. The molecule has 0 fully saturated rings. The van der Waals surface area contributed by atoms with Gasteiger partial charge in [-0.05, 0) is 41.0 Å². The molecule has 0 atom stereocenters. The van der Waals surface area contributed by atoms with E-state index >= 15 is 0 Å². The fourth-order valence-electron chi connectivity index (χ4n) is 2.85. The van der Waals surface area contributed by atoms with Crippen molar-refractivity contribution < 1.29 is 4.79 Å². The molecule has 0 radical (unpaired) electrons. The van der Waals surface area contributed by atoms with Gasteiger partial charge in [0, 0.05) is 12.0 Å². The number of benzene rings is 2. The van der Waals surface area contributed by atoms with Crippen molar-refractivity contribution in [2.45, 2.75) is 52.9 Å². The summed E-state index contributed by atoms with van der Waals surface area (Å²) in [6, 6.07) is 14.3. The summed E-state index contributed by atoms with van der Waals surface area (Å²) in [6.45, 7) is 10.8. The van der Waals surface area contributed by atoms with Crippen molar-refractivity contribution in [3.8, 4) is 0 Å². The molecule has 0 bridgehead atoms. The van der Waals surface area contributed by atoms with E-state index in [-0.39, 0.29) is 5.78 Å². The van der Waals surface area contributed by atoms with Gasteiger partial charge < -0.3 is 0 Å². The van der Waals surface area contributed by atoms with Crippen molar-refractivity contribution in [2.24, 2.45) is 0 Å². The van der Waals surface area contributed by atoms with Crippen LogP contribution in [0.15, 0.2) is 42.5 Å². The lowest BCUT2D eigenvalue weighted by atomic mass is 9.91. The van der Waals surface area contributed by atoms with Crippen molar-refractivity contribution in [3.05, 3.63) is 70.3 Å². The number of carbonyl (C=O) groups is 1. The summed E-state index contributed by atoms with van der Waals surface area (Å²) in [5.74, 6) is 1.17. The second kappa shape index (κ2) is 6.91. The smallest absolute Gasteiger partial charge is 0.167 e. The van der Waals surface area contributed by atoms with Gasteiger partial charge in [-0.25, -0.2) is 0 Å². The van der Waals surface area contributed by atoms with Crippen molar-refractivity contribution in [2.75, 3.05) is 0 Å². The summed E-state index contributed by atoms with van der Waals surface area (Å²) < 4.78 is 0. The molecule has 116 valence electrons. The van der Waals surface area contributed by atoms with Crippen LogP contribution in [-0.4, -0.2) is 5.78 Å². The summed E-state index contributed by atoms with van der Waals surface area (Å²) in [5.41, 5.74) is 5.81. The van der Waals surface area contributed by atoms with Crippen molar-refractivity contribution >= 4 is 5.78 Å². The molecule has 0 unspecified atom stereocenters. The van der Waals surface area contributed by atoms with E-state index in [1.807, 2.05) is 12.1 Å². The Hall–Kier alpha value is -1.89. The zero-order valence-corrected chi connectivity index (χ0v) is 14.3. The van der Waals surface area contributed by atoms with Gasteiger partial charge in [-0.2, -0.15) is 0 Å². The Kier molecular flexibility index (Phi) is 5.18. The predicted molar refractivity (Wildman–Crippen MR) is 93.8 cm³/mol. The van der Waals surface area contributed by atoms with Gasteiger partial charge in [-0.1, -0.05) is 70.2 Å². The lowest BCUT2D eigenvalue weighted by molar-refractivity contribution is 0.0992. The van der Waals surface area contributed by atoms with Crippen LogP contribution in [-0.2, 0) is 6.42 Å². The van der Waals surface area contributed by atoms with E-state index in [2.05, 4.69) is 65.0 Å². The maximum atomic E-state index is 12.5. The van der Waals surface area contributed by atoms with E-state index in [0.29, 0.717) is 18.3 Å². The second-order valence-corrected chi connectivity index (χ2v) is 6.66. The van der Waals surface area contributed by atoms with Gasteiger partial charge in [-0.3, -0.25) is 4.79 Å². The second-order valence-electron chi connectivity index (χ2n) is 6.66. The molecule has 0 saturated carbocycles. The van der Waals surface area contributed by atoms with Crippen LogP contribution in [0.1, 0.15) is 72.1 Å². The highest BCUT2D eigenvalue weighted by atomic mass is 16.1. The highest BCUT2D eigenvalue weighted by Crippen LogP contribution is 2.23. The first-order chi connectivity index (χ1) is 10.4. The van der Waals surface area contributed by atoms with Crippen LogP contribution >= 0.6 is 0 Å². The first-order valence-electron chi connectivity index (χ1n) is 8.11. The first-order valence-corrected chi connectivity index (χ1v) is 8.11. The van der Waals surface area contributed by atoms with Crippen molar-refractivity contribution in [1.29, 1.82) is 0 Å². The van der Waals surface area contributed by atoms with Crippen LogP contribution in [0.5, 0.6) is 0 Å². The Morgan fingerprint density at radius 2 is 1.55 bits per heavy atom. The van der Waals surface area contributed by atoms with Crippen molar-refractivity contribution in [3.63, 3.8) is 0 Å². The molecule has 2 aromatic carbocycles. The quantitative estimate of drug-likeness (QED) is 0.650. The van der Waals surface area contributed by atoms with E-state index in [1.54, 1.807) is 0 Å². The normalized spacial score (nSPS) is 11.2. The van der Waals surface area contributed by atoms with Crippen LogP contribution < -0.4 is 0 Å². The summed E-state index contributed by atoms with van der Waals surface area (Å²) in [6.07, 6.45) is 0.480. The predicted octanol–water partition coefficient (Wildman–Crippen LogP) is 5.67. The van der Waals surface area contributed by atoms with E-state index in [0.717, 1.165) is 11.1 Å². The summed E-state index contributed by atoms with van der Waals surface area (Å²) in [4.78, 5) is 12.5.